The Bertz CT molecular complexity index is 782. The number of ether oxygens (including phenoxy) is 1. The molecule has 2 N–H and O–H groups in total. The molecule has 152 valence electrons. The molecule has 0 heterocycles. The highest BCUT2D eigenvalue weighted by atomic mass is 79.9. The zero-order chi connectivity index (χ0) is 20.1. The lowest BCUT2D eigenvalue weighted by Crippen LogP contribution is -2.38. The minimum Gasteiger partial charge on any atom is -0.508 e. The van der Waals surface area contributed by atoms with Gasteiger partial charge in [-0.25, -0.2) is 0 Å². The summed E-state index contributed by atoms with van der Waals surface area (Å²) in [5.74, 6) is 0.357. The normalized spacial score (nSPS) is 19.9. The molecule has 0 aliphatic heterocycles. The van der Waals surface area contributed by atoms with Gasteiger partial charge >= 0.3 is 6.61 Å². The molecule has 2 aromatic rings. The van der Waals surface area contributed by atoms with Crippen LogP contribution in [0.4, 0.5) is 8.78 Å². The van der Waals surface area contributed by atoms with Crippen LogP contribution in [0.25, 0.3) is 0 Å². The number of aromatic hydroxyl groups is 1. The third-order valence-corrected chi connectivity index (χ3v) is 5.58. The van der Waals surface area contributed by atoms with E-state index in [0.717, 1.165) is 35.7 Å². The van der Waals surface area contributed by atoms with Crippen molar-refractivity contribution in [3.05, 3.63) is 58.1 Å². The predicted molar refractivity (Wildman–Crippen MR) is 106 cm³/mol. The molecule has 1 aliphatic rings. The van der Waals surface area contributed by atoms with E-state index in [4.69, 9.17) is 4.74 Å². The van der Waals surface area contributed by atoms with Crippen molar-refractivity contribution in [3.8, 4) is 11.5 Å². The third-order valence-electron chi connectivity index (χ3n) is 5.09. The van der Waals surface area contributed by atoms with Crippen LogP contribution in [0.3, 0.4) is 0 Å². The van der Waals surface area contributed by atoms with Crippen molar-refractivity contribution in [1.82, 2.24) is 4.90 Å². The van der Waals surface area contributed by atoms with E-state index in [2.05, 4.69) is 20.8 Å². The van der Waals surface area contributed by atoms with Crippen LogP contribution < -0.4 is 4.74 Å². The second kappa shape index (κ2) is 9.67. The fourth-order valence-corrected chi connectivity index (χ4v) is 4.14. The number of halogens is 3. The number of phenolic OH excluding ortho intramolecular Hbond substituents is 1. The highest BCUT2D eigenvalue weighted by molar-refractivity contribution is 9.10. The van der Waals surface area contributed by atoms with Crippen LogP contribution in [0.15, 0.2) is 46.9 Å². The highest BCUT2D eigenvalue weighted by Gasteiger charge is 2.26. The van der Waals surface area contributed by atoms with Crippen LogP contribution in [0.5, 0.6) is 11.5 Å². The SMILES string of the molecule is Oc1cccc(CN(Cc2cc(Br)ccc2OC(F)F)C2CCC(O)CC2)c1. The first-order chi connectivity index (χ1) is 13.4. The minimum atomic E-state index is -2.88. The van der Waals surface area contributed by atoms with Crippen LogP contribution in [-0.4, -0.2) is 33.9 Å². The Morgan fingerprint density at radius 3 is 2.50 bits per heavy atom. The van der Waals surface area contributed by atoms with Crippen molar-refractivity contribution in [2.45, 2.75) is 57.5 Å². The Hall–Kier alpha value is -1.70. The molecule has 0 saturated heterocycles. The lowest BCUT2D eigenvalue weighted by molar-refractivity contribution is -0.0510. The van der Waals surface area contributed by atoms with Crippen LogP contribution in [-0.2, 0) is 13.1 Å². The van der Waals surface area contributed by atoms with Gasteiger partial charge in [0.15, 0.2) is 0 Å². The molecule has 1 saturated carbocycles. The number of hydrogen-bond acceptors (Lipinski definition) is 4. The van der Waals surface area contributed by atoms with Crippen LogP contribution in [0.2, 0.25) is 0 Å². The molecule has 2 aromatic carbocycles. The Morgan fingerprint density at radius 1 is 1.07 bits per heavy atom. The summed E-state index contributed by atoms with van der Waals surface area (Å²) >= 11 is 3.41. The molecule has 0 spiro atoms. The Morgan fingerprint density at radius 2 is 1.82 bits per heavy atom. The molecular formula is C21H24BrF2NO3. The molecule has 0 aromatic heterocycles. The summed E-state index contributed by atoms with van der Waals surface area (Å²) in [4.78, 5) is 2.21. The van der Waals surface area contributed by atoms with Gasteiger partial charge in [-0.15, -0.1) is 0 Å². The summed E-state index contributed by atoms with van der Waals surface area (Å²) < 4.78 is 31.2. The number of alkyl halides is 2. The molecular weight excluding hydrogens is 432 g/mol. The van der Waals surface area contributed by atoms with Gasteiger partial charge in [0, 0.05) is 29.2 Å². The van der Waals surface area contributed by atoms with Gasteiger partial charge in [0.25, 0.3) is 0 Å². The van der Waals surface area contributed by atoms with Gasteiger partial charge in [-0.2, -0.15) is 8.78 Å². The van der Waals surface area contributed by atoms with E-state index >= 15 is 0 Å². The molecule has 7 heteroatoms. The largest absolute Gasteiger partial charge is 0.508 e. The summed E-state index contributed by atoms with van der Waals surface area (Å²) in [6.45, 7) is -1.89. The van der Waals surface area contributed by atoms with Gasteiger partial charge in [0.1, 0.15) is 11.5 Å². The van der Waals surface area contributed by atoms with Crippen molar-refractivity contribution >= 4 is 15.9 Å². The zero-order valence-electron chi connectivity index (χ0n) is 15.4. The van der Waals surface area contributed by atoms with Crippen molar-refractivity contribution < 1.29 is 23.7 Å². The van der Waals surface area contributed by atoms with Crippen molar-refractivity contribution in [2.75, 3.05) is 0 Å². The van der Waals surface area contributed by atoms with E-state index in [9.17, 15) is 19.0 Å². The fourth-order valence-electron chi connectivity index (χ4n) is 3.73. The zero-order valence-corrected chi connectivity index (χ0v) is 17.0. The van der Waals surface area contributed by atoms with Gasteiger partial charge in [0.05, 0.1) is 6.10 Å². The molecule has 0 amide bonds. The molecule has 3 rings (SSSR count). The quantitative estimate of drug-likeness (QED) is 0.612. The number of rotatable bonds is 7. The fraction of sp³-hybridized carbons (Fsp3) is 0.429. The van der Waals surface area contributed by atoms with Gasteiger partial charge < -0.3 is 14.9 Å². The first-order valence-corrected chi connectivity index (χ1v) is 10.1. The lowest BCUT2D eigenvalue weighted by Gasteiger charge is -2.36. The second-order valence-electron chi connectivity index (χ2n) is 7.17. The van der Waals surface area contributed by atoms with Crippen molar-refractivity contribution in [1.29, 1.82) is 0 Å². The smallest absolute Gasteiger partial charge is 0.387 e. The van der Waals surface area contributed by atoms with E-state index in [1.54, 1.807) is 36.4 Å². The molecule has 1 fully saturated rings. The van der Waals surface area contributed by atoms with Crippen molar-refractivity contribution in [2.24, 2.45) is 0 Å². The Kier molecular flexibility index (Phi) is 7.26. The van der Waals surface area contributed by atoms with E-state index in [0.29, 0.717) is 18.7 Å². The monoisotopic (exact) mass is 455 g/mol. The summed E-state index contributed by atoms with van der Waals surface area (Å²) in [5, 5.41) is 19.6. The van der Waals surface area contributed by atoms with Crippen LogP contribution in [0.1, 0.15) is 36.8 Å². The van der Waals surface area contributed by atoms with Gasteiger partial charge in [0.2, 0.25) is 0 Å². The van der Waals surface area contributed by atoms with Gasteiger partial charge in [-0.1, -0.05) is 28.1 Å². The van der Waals surface area contributed by atoms with E-state index < -0.39 is 6.61 Å². The number of aliphatic hydroxyl groups is 1. The average Bonchev–Trinajstić information content (AvgIpc) is 2.64. The number of phenols is 1. The molecule has 28 heavy (non-hydrogen) atoms. The highest BCUT2D eigenvalue weighted by Crippen LogP contribution is 2.31. The first-order valence-electron chi connectivity index (χ1n) is 9.34. The molecule has 1 aliphatic carbocycles. The molecule has 0 atom stereocenters. The Balaban J connectivity index is 1.85. The standard InChI is InChI=1S/C21H24BrF2NO3/c22-16-4-9-20(28-21(23)24)15(11-16)13-25(17-5-7-18(26)8-6-17)12-14-2-1-3-19(27)10-14/h1-4,9-11,17-18,21,26-27H,5-8,12-13H2. The number of hydrogen-bond donors (Lipinski definition) is 2. The predicted octanol–water partition coefficient (Wildman–Crippen LogP) is 5.06. The lowest BCUT2D eigenvalue weighted by atomic mass is 9.91. The third kappa shape index (κ3) is 5.90. The van der Waals surface area contributed by atoms with E-state index in [1.165, 1.54) is 0 Å². The summed E-state index contributed by atoms with van der Waals surface area (Å²) in [6.07, 6.45) is 2.83. The molecule has 4 nitrogen and oxygen atoms in total. The molecule has 0 bridgehead atoms. The van der Waals surface area contributed by atoms with Gasteiger partial charge in [-0.05, 0) is 61.6 Å². The first kappa shape index (κ1) is 21.0. The number of nitrogens with zero attached hydrogens (tertiary/aromatic N) is 1. The topological polar surface area (TPSA) is 52.9 Å². The maximum absolute atomic E-state index is 12.8. The maximum atomic E-state index is 12.8. The van der Waals surface area contributed by atoms with Crippen LogP contribution >= 0.6 is 15.9 Å². The van der Waals surface area contributed by atoms with Crippen LogP contribution in [0, 0.1) is 0 Å². The summed E-state index contributed by atoms with van der Waals surface area (Å²) in [5.41, 5.74) is 1.61. The van der Waals surface area contributed by atoms with E-state index in [-0.39, 0.29) is 23.6 Å². The Labute approximate surface area is 171 Å². The number of aliphatic hydroxyl groups excluding tert-OH is 1. The molecule has 0 unspecified atom stereocenters. The maximum Gasteiger partial charge on any atom is 0.387 e. The minimum absolute atomic E-state index is 0.162. The van der Waals surface area contributed by atoms with E-state index in [1.807, 2.05) is 6.07 Å². The summed E-state index contributed by atoms with van der Waals surface area (Å²) in [6, 6.07) is 12.3. The summed E-state index contributed by atoms with van der Waals surface area (Å²) in [7, 11) is 0. The second-order valence-corrected chi connectivity index (χ2v) is 8.08. The molecule has 0 radical (unpaired) electrons. The van der Waals surface area contributed by atoms with Crippen molar-refractivity contribution in [3.63, 3.8) is 0 Å². The van der Waals surface area contributed by atoms with Gasteiger partial charge in [-0.3, -0.25) is 4.90 Å². The average molecular weight is 456 g/mol. The number of benzene rings is 2.